The van der Waals surface area contributed by atoms with Crippen molar-refractivity contribution in [3.8, 4) is 0 Å². The van der Waals surface area contributed by atoms with Gasteiger partial charge in [-0.15, -0.1) is 0 Å². The summed E-state index contributed by atoms with van der Waals surface area (Å²) in [4.78, 5) is 27.5. The summed E-state index contributed by atoms with van der Waals surface area (Å²) < 4.78 is 0. The SMILES string of the molecule is O=C(O)[C@H](Cc1cc2ccccc2[nH]1)NC(=O)[C@@H]1Cc2ccccc2CN1. The van der Waals surface area contributed by atoms with Crippen LogP contribution in [0.1, 0.15) is 16.8 Å². The molecule has 4 rings (SSSR count). The summed E-state index contributed by atoms with van der Waals surface area (Å²) in [5.74, 6) is -1.33. The lowest BCUT2D eigenvalue weighted by Crippen LogP contribution is -2.52. The van der Waals surface area contributed by atoms with Gasteiger partial charge in [0, 0.05) is 24.2 Å². The van der Waals surface area contributed by atoms with E-state index >= 15 is 0 Å². The molecule has 0 spiro atoms. The second-order valence-corrected chi connectivity index (χ2v) is 6.89. The Kier molecular flexibility index (Phi) is 4.64. The first kappa shape index (κ1) is 17.3. The van der Waals surface area contributed by atoms with Gasteiger partial charge in [-0.05, 0) is 35.1 Å². The summed E-state index contributed by atoms with van der Waals surface area (Å²) in [7, 11) is 0. The minimum atomic E-state index is -1.04. The van der Waals surface area contributed by atoms with Gasteiger partial charge < -0.3 is 20.7 Å². The minimum Gasteiger partial charge on any atom is -0.480 e. The van der Waals surface area contributed by atoms with Crippen LogP contribution >= 0.6 is 0 Å². The molecule has 3 aromatic rings. The Morgan fingerprint density at radius 2 is 1.85 bits per heavy atom. The van der Waals surface area contributed by atoms with E-state index < -0.39 is 18.1 Å². The van der Waals surface area contributed by atoms with Crippen molar-refractivity contribution in [2.45, 2.75) is 31.5 Å². The van der Waals surface area contributed by atoms with Crippen molar-refractivity contribution in [1.29, 1.82) is 0 Å². The summed E-state index contributed by atoms with van der Waals surface area (Å²) in [5.41, 5.74) is 4.03. The van der Waals surface area contributed by atoms with Gasteiger partial charge in [-0.25, -0.2) is 4.79 Å². The fraction of sp³-hybridized carbons (Fsp3) is 0.238. The predicted molar refractivity (Wildman–Crippen MR) is 102 cm³/mol. The van der Waals surface area contributed by atoms with Crippen molar-refractivity contribution in [2.75, 3.05) is 0 Å². The second-order valence-electron chi connectivity index (χ2n) is 6.89. The maximum Gasteiger partial charge on any atom is 0.326 e. The fourth-order valence-corrected chi connectivity index (χ4v) is 3.58. The van der Waals surface area contributed by atoms with E-state index in [1.165, 1.54) is 5.56 Å². The van der Waals surface area contributed by atoms with Gasteiger partial charge in [0.05, 0.1) is 6.04 Å². The highest BCUT2D eigenvalue weighted by molar-refractivity contribution is 5.88. The first-order valence-corrected chi connectivity index (χ1v) is 9.00. The number of carboxylic acid groups (broad SMARTS) is 1. The van der Waals surface area contributed by atoms with Gasteiger partial charge in [0.2, 0.25) is 5.91 Å². The minimum absolute atomic E-state index is 0.207. The summed E-state index contributed by atoms with van der Waals surface area (Å²) in [6.45, 7) is 0.605. The van der Waals surface area contributed by atoms with E-state index in [2.05, 4.69) is 15.6 Å². The lowest BCUT2D eigenvalue weighted by molar-refractivity contribution is -0.142. The number of hydrogen-bond donors (Lipinski definition) is 4. The number of benzene rings is 2. The van der Waals surface area contributed by atoms with E-state index in [-0.39, 0.29) is 12.3 Å². The van der Waals surface area contributed by atoms with Crippen molar-refractivity contribution in [3.05, 3.63) is 71.4 Å². The van der Waals surface area contributed by atoms with Crippen LogP contribution in [0.5, 0.6) is 0 Å². The Labute approximate surface area is 156 Å². The number of amides is 1. The van der Waals surface area contributed by atoms with Crippen LogP contribution in [0.15, 0.2) is 54.6 Å². The lowest BCUT2D eigenvalue weighted by Gasteiger charge is -2.26. The van der Waals surface area contributed by atoms with Gasteiger partial charge >= 0.3 is 5.97 Å². The van der Waals surface area contributed by atoms with Gasteiger partial charge in [-0.3, -0.25) is 4.79 Å². The van der Waals surface area contributed by atoms with E-state index in [0.717, 1.165) is 22.2 Å². The number of para-hydroxylation sites is 1. The summed E-state index contributed by atoms with van der Waals surface area (Å²) in [6.07, 6.45) is 0.764. The molecule has 1 amide bonds. The topological polar surface area (TPSA) is 94.2 Å². The Morgan fingerprint density at radius 3 is 2.63 bits per heavy atom. The molecule has 1 aliphatic heterocycles. The lowest BCUT2D eigenvalue weighted by atomic mass is 9.95. The average Bonchev–Trinajstić information content (AvgIpc) is 3.09. The number of rotatable bonds is 5. The van der Waals surface area contributed by atoms with Gasteiger partial charge in [-0.1, -0.05) is 42.5 Å². The highest BCUT2D eigenvalue weighted by atomic mass is 16.4. The zero-order chi connectivity index (χ0) is 18.8. The van der Waals surface area contributed by atoms with Crippen LogP contribution in [0, 0.1) is 0 Å². The molecule has 0 fully saturated rings. The van der Waals surface area contributed by atoms with Crippen LogP contribution in [0.3, 0.4) is 0 Å². The third-order valence-corrected chi connectivity index (χ3v) is 5.02. The Balaban J connectivity index is 1.45. The molecule has 1 aromatic heterocycles. The monoisotopic (exact) mass is 363 g/mol. The van der Waals surface area contributed by atoms with Gasteiger partial charge in [0.15, 0.2) is 0 Å². The maximum atomic E-state index is 12.6. The van der Waals surface area contributed by atoms with Crippen molar-refractivity contribution >= 4 is 22.8 Å². The number of fused-ring (bicyclic) bond motifs is 2. The first-order valence-electron chi connectivity index (χ1n) is 9.00. The number of aliphatic carboxylic acids is 1. The molecule has 0 bridgehead atoms. The van der Waals surface area contributed by atoms with Crippen molar-refractivity contribution in [1.82, 2.24) is 15.6 Å². The molecular weight excluding hydrogens is 342 g/mol. The third-order valence-electron chi connectivity index (χ3n) is 5.02. The Bertz CT molecular complexity index is 962. The molecule has 6 nitrogen and oxygen atoms in total. The smallest absolute Gasteiger partial charge is 0.326 e. The zero-order valence-corrected chi connectivity index (χ0v) is 14.7. The molecule has 4 N–H and O–H groups in total. The van der Waals surface area contributed by atoms with Crippen LogP contribution in [-0.2, 0) is 29.0 Å². The summed E-state index contributed by atoms with van der Waals surface area (Å²) in [5, 5.41) is 16.5. The highest BCUT2D eigenvalue weighted by Gasteiger charge is 2.28. The van der Waals surface area contributed by atoms with E-state index in [0.29, 0.717) is 13.0 Å². The van der Waals surface area contributed by atoms with Crippen molar-refractivity contribution in [2.24, 2.45) is 0 Å². The van der Waals surface area contributed by atoms with Crippen LogP contribution in [0.2, 0.25) is 0 Å². The molecule has 0 saturated carbocycles. The van der Waals surface area contributed by atoms with Crippen LogP contribution in [0.4, 0.5) is 0 Å². The molecular formula is C21H21N3O3. The first-order chi connectivity index (χ1) is 13.1. The van der Waals surface area contributed by atoms with Crippen molar-refractivity contribution in [3.63, 3.8) is 0 Å². The number of carboxylic acids is 1. The molecule has 27 heavy (non-hydrogen) atoms. The van der Waals surface area contributed by atoms with Gasteiger partial charge in [0.1, 0.15) is 6.04 Å². The van der Waals surface area contributed by atoms with Crippen molar-refractivity contribution < 1.29 is 14.7 Å². The molecule has 1 aliphatic rings. The molecule has 6 heteroatoms. The average molecular weight is 363 g/mol. The number of hydrogen-bond acceptors (Lipinski definition) is 3. The number of aromatic amines is 1. The number of carbonyl (C=O) groups is 2. The van der Waals surface area contributed by atoms with Crippen LogP contribution in [0.25, 0.3) is 10.9 Å². The number of nitrogens with one attached hydrogen (secondary N) is 3. The summed E-state index contributed by atoms with van der Waals surface area (Å²) in [6, 6.07) is 16.2. The zero-order valence-electron chi connectivity index (χ0n) is 14.7. The van der Waals surface area contributed by atoms with E-state index in [9.17, 15) is 14.7 Å². The Hall–Kier alpha value is -3.12. The molecule has 0 aliphatic carbocycles. The third kappa shape index (κ3) is 3.71. The Morgan fingerprint density at radius 1 is 1.11 bits per heavy atom. The number of carbonyl (C=O) groups excluding carboxylic acids is 1. The fourth-order valence-electron chi connectivity index (χ4n) is 3.58. The normalized spacial score (nSPS) is 17.3. The largest absolute Gasteiger partial charge is 0.480 e. The number of H-pyrrole nitrogens is 1. The van der Waals surface area contributed by atoms with Crippen LogP contribution < -0.4 is 10.6 Å². The molecule has 0 radical (unpaired) electrons. The van der Waals surface area contributed by atoms with Gasteiger partial charge in [-0.2, -0.15) is 0 Å². The standard InChI is InChI=1S/C21H21N3O3/c25-20(18-10-13-5-1-2-7-15(13)12-22-18)24-19(21(26)27)11-16-9-14-6-3-4-8-17(14)23-16/h1-9,18-19,22-23H,10-12H2,(H,24,25)(H,26,27)/t18-,19-/m0/s1. The molecule has 2 atom stereocenters. The van der Waals surface area contributed by atoms with Crippen LogP contribution in [-0.4, -0.2) is 34.1 Å². The molecule has 138 valence electrons. The predicted octanol–water partition coefficient (Wildman–Crippen LogP) is 1.99. The van der Waals surface area contributed by atoms with Gasteiger partial charge in [0.25, 0.3) is 0 Å². The van der Waals surface area contributed by atoms with E-state index in [1.54, 1.807) is 0 Å². The quantitative estimate of drug-likeness (QED) is 0.558. The molecule has 2 aromatic carbocycles. The molecule has 0 saturated heterocycles. The number of aromatic nitrogens is 1. The molecule has 0 unspecified atom stereocenters. The maximum absolute atomic E-state index is 12.6. The molecule has 2 heterocycles. The van der Waals surface area contributed by atoms with E-state index in [1.807, 2.05) is 54.6 Å². The highest BCUT2D eigenvalue weighted by Crippen LogP contribution is 2.18. The van der Waals surface area contributed by atoms with E-state index in [4.69, 9.17) is 0 Å². The second kappa shape index (κ2) is 7.25. The summed E-state index contributed by atoms with van der Waals surface area (Å²) >= 11 is 0.